The number of nitrogens with two attached hydrogens (primary N) is 1. The molecule has 0 fully saturated rings. The molecule has 2 heterocycles. The number of thiophene rings is 1. The second-order valence-corrected chi connectivity index (χ2v) is 6.14. The molecule has 19 heavy (non-hydrogen) atoms. The molecule has 0 radical (unpaired) electrons. The predicted molar refractivity (Wildman–Crippen MR) is 83.7 cm³/mol. The van der Waals surface area contributed by atoms with Crippen molar-refractivity contribution in [2.75, 3.05) is 5.73 Å². The molecular weight excluding hydrogens is 252 g/mol. The molecule has 96 valence electrons. The van der Waals surface area contributed by atoms with Crippen molar-refractivity contribution in [3.63, 3.8) is 0 Å². The summed E-state index contributed by atoms with van der Waals surface area (Å²) in [7, 11) is 0. The minimum atomic E-state index is 0.823. The Kier molecular flexibility index (Phi) is 2.79. The molecule has 3 aromatic rings. The van der Waals surface area contributed by atoms with Gasteiger partial charge in [-0.3, -0.25) is 0 Å². The van der Waals surface area contributed by atoms with E-state index in [1.807, 2.05) is 13.0 Å². The lowest BCUT2D eigenvalue weighted by Gasteiger charge is -2.06. The van der Waals surface area contributed by atoms with Crippen LogP contribution in [-0.2, 0) is 0 Å². The zero-order valence-electron chi connectivity index (χ0n) is 11.3. The van der Waals surface area contributed by atoms with E-state index in [2.05, 4.69) is 43.1 Å². The second-order valence-electron chi connectivity index (χ2n) is 4.94. The van der Waals surface area contributed by atoms with Crippen molar-refractivity contribution < 1.29 is 0 Å². The first-order chi connectivity index (χ1) is 9.06. The van der Waals surface area contributed by atoms with E-state index in [-0.39, 0.29) is 0 Å². The van der Waals surface area contributed by atoms with Crippen LogP contribution in [0.3, 0.4) is 0 Å². The molecule has 0 amide bonds. The Morgan fingerprint density at radius 2 is 1.89 bits per heavy atom. The Morgan fingerprint density at radius 1 is 1.11 bits per heavy atom. The van der Waals surface area contributed by atoms with Crippen molar-refractivity contribution in [2.24, 2.45) is 0 Å². The van der Waals surface area contributed by atoms with E-state index in [0.717, 1.165) is 21.6 Å². The first-order valence-electron chi connectivity index (χ1n) is 6.29. The Balaban J connectivity index is 2.38. The maximum atomic E-state index is 6.21. The summed E-state index contributed by atoms with van der Waals surface area (Å²) in [5.41, 5.74) is 11.7. The van der Waals surface area contributed by atoms with Crippen molar-refractivity contribution in [3.05, 3.63) is 46.5 Å². The molecule has 2 N–H and O–H groups in total. The van der Waals surface area contributed by atoms with E-state index in [9.17, 15) is 0 Å². The van der Waals surface area contributed by atoms with Gasteiger partial charge in [-0.05, 0) is 32.4 Å². The molecule has 0 spiro atoms. The highest BCUT2D eigenvalue weighted by atomic mass is 32.1. The molecule has 0 aliphatic carbocycles. The number of aromatic nitrogens is 1. The van der Waals surface area contributed by atoms with Crippen LogP contribution in [0.2, 0.25) is 0 Å². The van der Waals surface area contributed by atoms with E-state index in [4.69, 9.17) is 5.73 Å². The molecule has 1 aromatic carbocycles. The van der Waals surface area contributed by atoms with Gasteiger partial charge in [0, 0.05) is 27.2 Å². The summed E-state index contributed by atoms with van der Waals surface area (Å²) >= 11 is 1.72. The molecule has 0 aliphatic rings. The average Bonchev–Trinajstić information content (AvgIpc) is 2.65. The van der Waals surface area contributed by atoms with Crippen molar-refractivity contribution >= 4 is 27.2 Å². The van der Waals surface area contributed by atoms with Crippen LogP contribution in [0.5, 0.6) is 0 Å². The van der Waals surface area contributed by atoms with Crippen LogP contribution in [0.1, 0.15) is 16.1 Å². The van der Waals surface area contributed by atoms with Crippen molar-refractivity contribution in [1.29, 1.82) is 0 Å². The van der Waals surface area contributed by atoms with Gasteiger partial charge in [0.1, 0.15) is 4.83 Å². The maximum absolute atomic E-state index is 6.21. The highest BCUT2D eigenvalue weighted by Gasteiger charge is 2.15. The fourth-order valence-corrected chi connectivity index (χ4v) is 3.64. The lowest BCUT2D eigenvalue weighted by atomic mass is 10.0. The van der Waals surface area contributed by atoms with Gasteiger partial charge in [-0.1, -0.05) is 29.8 Å². The lowest BCUT2D eigenvalue weighted by molar-refractivity contribution is 1.27. The van der Waals surface area contributed by atoms with E-state index < -0.39 is 0 Å². The third-order valence-electron chi connectivity index (χ3n) is 3.30. The maximum Gasteiger partial charge on any atom is 0.126 e. The minimum Gasteiger partial charge on any atom is -0.398 e. The standard InChI is InChI=1S/C16H16N2S/c1-9-5-4-6-12(7-9)14-11(3)19-16-15(14)13(17)8-10(2)18-16/h4-8H,1-3H3,(H2,17,18). The summed E-state index contributed by atoms with van der Waals surface area (Å²) < 4.78 is 0. The molecule has 0 aliphatic heterocycles. The molecule has 0 atom stereocenters. The van der Waals surface area contributed by atoms with Gasteiger partial charge in [0.15, 0.2) is 0 Å². The zero-order valence-corrected chi connectivity index (χ0v) is 12.1. The topological polar surface area (TPSA) is 38.9 Å². The van der Waals surface area contributed by atoms with Gasteiger partial charge in [-0.2, -0.15) is 0 Å². The summed E-state index contributed by atoms with van der Waals surface area (Å²) in [5, 5.41) is 1.10. The minimum absolute atomic E-state index is 0.823. The van der Waals surface area contributed by atoms with Gasteiger partial charge < -0.3 is 5.73 Å². The summed E-state index contributed by atoms with van der Waals surface area (Å²) in [6.45, 7) is 6.23. The SMILES string of the molecule is Cc1cccc(-c2c(C)sc3nc(C)cc(N)c23)c1. The Bertz CT molecular complexity index is 772. The number of hydrogen-bond donors (Lipinski definition) is 1. The number of nitrogens with zero attached hydrogens (tertiary/aromatic N) is 1. The van der Waals surface area contributed by atoms with E-state index in [0.29, 0.717) is 0 Å². The van der Waals surface area contributed by atoms with E-state index in [1.54, 1.807) is 11.3 Å². The van der Waals surface area contributed by atoms with E-state index in [1.165, 1.54) is 21.6 Å². The number of anilines is 1. The molecular formula is C16H16N2S. The fraction of sp³-hybridized carbons (Fsp3) is 0.188. The van der Waals surface area contributed by atoms with Gasteiger partial charge in [0.05, 0.1) is 0 Å². The number of pyridine rings is 1. The van der Waals surface area contributed by atoms with Gasteiger partial charge in [0.2, 0.25) is 0 Å². The number of rotatable bonds is 1. The summed E-state index contributed by atoms with van der Waals surface area (Å²) in [6, 6.07) is 10.5. The molecule has 2 aromatic heterocycles. The summed E-state index contributed by atoms with van der Waals surface area (Å²) in [5.74, 6) is 0. The lowest BCUT2D eigenvalue weighted by Crippen LogP contribution is -1.91. The number of hydrogen-bond acceptors (Lipinski definition) is 3. The quantitative estimate of drug-likeness (QED) is 0.707. The highest BCUT2D eigenvalue weighted by Crippen LogP contribution is 2.40. The first kappa shape index (κ1) is 12.2. The molecule has 3 heteroatoms. The number of nitrogen functional groups attached to an aromatic ring is 1. The monoisotopic (exact) mass is 268 g/mol. The van der Waals surface area contributed by atoms with Crippen molar-refractivity contribution in [3.8, 4) is 11.1 Å². The zero-order chi connectivity index (χ0) is 13.6. The predicted octanol–water partition coefficient (Wildman–Crippen LogP) is 4.47. The first-order valence-corrected chi connectivity index (χ1v) is 7.11. The summed E-state index contributed by atoms with van der Waals surface area (Å²) in [4.78, 5) is 6.91. The number of aryl methyl sites for hydroxylation is 3. The van der Waals surface area contributed by atoms with Crippen LogP contribution in [0.15, 0.2) is 30.3 Å². The van der Waals surface area contributed by atoms with Crippen LogP contribution in [0.25, 0.3) is 21.3 Å². The van der Waals surface area contributed by atoms with Gasteiger partial charge >= 0.3 is 0 Å². The van der Waals surface area contributed by atoms with Crippen LogP contribution >= 0.6 is 11.3 Å². The molecule has 0 saturated heterocycles. The molecule has 2 nitrogen and oxygen atoms in total. The second kappa shape index (κ2) is 4.35. The van der Waals surface area contributed by atoms with Crippen LogP contribution in [0, 0.1) is 20.8 Å². The highest BCUT2D eigenvalue weighted by molar-refractivity contribution is 7.19. The molecule has 3 rings (SSSR count). The Hall–Kier alpha value is -1.87. The van der Waals surface area contributed by atoms with Crippen LogP contribution in [0.4, 0.5) is 5.69 Å². The Labute approximate surface area is 116 Å². The summed E-state index contributed by atoms with van der Waals surface area (Å²) in [6.07, 6.45) is 0. The third kappa shape index (κ3) is 2.00. The largest absolute Gasteiger partial charge is 0.398 e. The Morgan fingerprint density at radius 3 is 2.63 bits per heavy atom. The van der Waals surface area contributed by atoms with Gasteiger partial charge in [0.25, 0.3) is 0 Å². The fourth-order valence-electron chi connectivity index (χ4n) is 2.51. The van der Waals surface area contributed by atoms with Crippen LogP contribution < -0.4 is 5.73 Å². The van der Waals surface area contributed by atoms with E-state index >= 15 is 0 Å². The number of fused-ring (bicyclic) bond motifs is 1. The smallest absolute Gasteiger partial charge is 0.126 e. The normalized spacial score (nSPS) is 11.1. The third-order valence-corrected chi connectivity index (χ3v) is 4.30. The molecule has 0 unspecified atom stereocenters. The van der Waals surface area contributed by atoms with Crippen molar-refractivity contribution in [2.45, 2.75) is 20.8 Å². The van der Waals surface area contributed by atoms with Gasteiger partial charge in [-0.25, -0.2) is 4.98 Å². The number of benzene rings is 1. The van der Waals surface area contributed by atoms with Gasteiger partial charge in [-0.15, -0.1) is 11.3 Å². The average molecular weight is 268 g/mol. The molecule has 0 bridgehead atoms. The van der Waals surface area contributed by atoms with Crippen molar-refractivity contribution in [1.82, 2.24) is 4.98 Å². The van der Waals surface area contributed by atoms with Crippen LogP contribution in [-0.4, -0.2) is 4.98 Å². The molecule has 0 saturated carbocycles.